The summed E-state index contributed by atoms with van der Waals surface area (Å²) < 4.78 is 5.72. The van der Waals surface area contributed by atoms with Crippen molar-refractivity contribution in [2.45, 2.75) is 45.6 Å². The molecular weight excluding hydrogens is 234 g/mol. The van der Waals surface area contributed by atoms with Gasteiger partial charge in [-0.25, -0.2) is 0 Å². The van der Waals surface area contributed by atoms with Crippen molar-refractivity contribution in [1.82, 2.24) is 5.32 Å². The van der Waals surface area contributed by atoms with Crippen molar-refractivity contribution in [3.63, 3.8) is 0 Å². The van der Waals surface area contributed by atoms with Gasteiger partial charge in [-0.05, 0) is 38.8 Å². The molecule has 0 saturated carbocycles. The lowest BCUT2D eigenvalue weighted by Gasteiger charge is -2.21. The Morgan fingerprint density at radius 2 is 2.11 bits per heavy atom. The first-order valence-electron chi connectivity index (χ1n) is 7.22. The first kappa shape index (κ1) is 15.6. The smallest absolute Gasteiger partial charge is 0.124 e. The topological polar surface area (TPSA) is 21.3 Å². The van der Waals surface area contributed by atoms with Crippen molar-refractivity contribution in [2.75, 3.05) is 13.2 Å². The van der Waals surface area contributed by atoms with Gasteiger partial charge < -0.3 is 10.1 Å². The number of benzene rings is 1. The van der Waals surface area contributed by atoms with E-state index in [1.807, 2.05) is 19.1 Å². The van der Waals surface area contributed by atoms with E-state index in [-0.39, 0.29) is 0 Å². The summed E-state index contributed by atoms with van der Waals surface area (Å²) in [4.78, 5) is 0. The predicted octanol–water partition coefficient (Wildman–Crippen LogP) is 3.93. The molecule has 1 aromatic carbocycles. The number of rotatable bonds is 9. The number of ether oxygens (including phenoxy) is 1. The highest BCUT2D eigenvalue weighted by Crippen LogP contribution is 2.28. The number of hydrogen-bond donors (Lipinski definition) is 1. The molecule has 19 heavy (non-hydrogen) atoms. The molecule has 0 saturated heterocycles. The van der Waals surface area contributed by atoms with Crippen molar-refractivity contribution >= 4 is 0 Å². The van der Waals surface area contributed by atoms with Crippen molar-refractivity contribution in [3.05, 3.63) is 29.8 Å². The maximum Gasteiger partial charge on any atom is 0.124 e. The van der Waals surface area contributed by atoms with Gasteiger partial charge in [0.1, 0.15) is 5.75 Å². The molecular formula is C17H25NO. The average molecular weight is 259 g/mol. The van der Waals surface area contributed by atoms with E-state index >= 15 is 0 Å². The fraction of sp³-hybridized carbons (Fsp3) is 0.529. The van der Waals surface area contributed by atoms with Crippen molar-refractivity contribution in [2.24, 2.45) is 0 Å². The van der Waals surface area contributed by atoms with Gasteiger partial charge in [0.25, 0.3) is 0 Å². The highest BCUT2D eigenvalue weighted by Gasteiger charge is 2.14. The van der Waals surface area contributed by atoms with Gasteiger partial charge in [0.05, 0.1) is 6.61 Å². The van der Waals surface area contributed by atoms with E-state index in [2.05, 4.69) is 30.3 Å². The molecule has 0 aliphatic heterocycles. The van der Waals surface area contributed by atoms with Gasteiger partial charge in [-0.15, -0.1) is 12.3 Å². The van der Waals surface area contributed by atoms with Gasteiger partial charge in [0, 0.05) is 18.0 Å². The van der Waals surface area contributed by atoms with Gasteiger partial charge >= 0.3 is 0 Å². The lowest BCUT2D eigenvalue weighted by molar-refractivity contribution is 0.329. The summed E-state index contributed by atoms with van der Waals surface area (Å²) in [6.45, 7) is 5.91. The quantitative estimate of drug-likeness (QED) is 0.536. The molecule has 1 N–H and O–H groups in total. The maximum absolute atomic E-state index is 5.72. The minimum absolute atomic E-state index is 0.330. The molecule has 0 amide bonds. The maximum atomic E-state index is 5.72. The lowest BCUT2D eigenvalue weighted by Crippen LogP contribution is -2.22. The van der Waals surface area contributed by atoms with E-state index in [1.165, 1.54) is 5.56 Å². The Morgan fingerprint density at radius 3 is 2.79 bits per heavy atom. The minimum Gasteiger partial charge on any atom is -0.494 e. The summed E-state index contributed by atoms with van der Waals surface area (Å²) in [6.07, 6.45) is 9.39. The van der Waals surface area contributed by atoms with Crippen molar-refractivity contribution < 1.29 is 4.74 Å². The Bertz CT molecular complexity index is 394. The minimum atomic E-state index is 0.330. The van der Waals surface area contributed by atoms with E-state index in [4.69, 9.17) is 11.2 Å². The fourth-order valence-electron chi connectivity index (χ4n) is 2.15. The molecule has 1 atom stereocenters. The molecule has 0 aliphatic rings. The summed E-state index contributed by atoms with van der Waals surface area (Å²) in [6, 6.07) is 8.61. The summed E-state index contributed by atoms with van der Waals surface area (Å²) in [5.41, 5.74) is 1.25. The molecule has 0 bridgehead atoms. The van der Waals surface area contributed by atoms with Crippen LogP contribution in [-0.4, -0.2) is 13.2 Å². The number of unbranched alkanes of at least 4 members (excludes halogenated alkanes) is 1. The Balaban J connectivity index is 2.79. The number of hydrogen-bond acceptors (Lipinski definition) is 2. The molecule has 1 unspecified atom stereocenters. The summed E-state index contributed by atoms with van der Waals surface area (Å²) in [7, 11) is 0. The molecule has 1 aromatic rings. The van der Waals surface area contributed by atoms with Crippen molar-refractivity contribution in [1.29, 1.82) is 0 Å². The molecule has 1 rings (SSSR count). The van der Waals surface area contributed by atoms with E-state index in [9.17, 15) is 0 Å². The zero-order chi connectivity index (χ0) is 13.9. The highest BCUT2D eigenvalue weighted by atomic mass is 16.5. The second kappa shape index (κ2) is 9.47. The average Bonchev–Trinajstić information content (AvgIpc) is 2.44. The van der Waals surface area contributed by atoms with Gasteiger partial charge in [-0.1, -0.05) is 25.1 Å². The molecule has 2 heteroatoms. The summed E-state index contributed by atoms with van der Waals surface area (Å²) in [5, 5.41) is 3.59. The normalized spacial score (nSPS) is 11.8. The number of para-hydroxylation sites is 1. The standard InChI is InChI=1S/C17H25NO/c1-4-7-8-12-16(18-14-5-2)15-11-9-10-13-17(15)19-6-3/h1,9-11,13,16,18H,5-8,12,14H2,2-3H3. The van der Waals surface area contributed by atoms with E-state index < -0.39 is 0 Å². The van der Waals surface area contributed by atoms with Crippen molar-refractivity contribution in [3.8, 4) is 18.1 Å². The van der Waals surface area contributed by atoms with Crippen LogP contribution in [0.4, 0.5) is 0 Å². The second-order valence-corrected chi connectivity index (χ2v) is 4.57. The predicted molar refractivity (Wildman–Crippen MR) is 81.3 cm³/mol. The third-order valence-electron chi connectivity index (χ3n) is 3.05. The Hall–Kier alpha value is -1.46. The van der Waals surface area contributed by atoms with E-state index in [0.717, 1.165) is 38.0 Å². The third kappa shape index (κ3) is 5.36. The molecule has 2 nitrogen and oxygen atoms in total. The van der Waals surface area contributed by atoms with Crippen LogP contribution in [0.3, 0.4) is 0 Å². The molecule has 0 spiro atoms. The van der Waals surface area contributed by atoms with Gasteiger partial charge in [-0.3, -0.25) is 0 Å². The Morgan fingerprint density at radius 1 is 1.32 bits per heavy atom. The SMILES string of the molecule is C#CCCCC(NCCC)c1ccccc1OCC. The van der Waals surface area contributed by atoms with Crippen LogP contribution < -0.4 is 10.1 Å². The van der Waals surface area contributed by atoms with Crippen LogP contribution >= 0.6 is 0 Å². The zero-order valence-electron chi connectivity index (χ0n) is 12.1. The van der Waals surface area contributed by atoms with Crippen LogP contribution in [0.1, 0.15) is 51.1 Å². The van der Waals surface area contributed by atoms with Gasteiger partial charge in [0.2, 0.25) is 0 Å². The highest BCUT2D eigenvalue weighted by molar-refractivity contribution is 5.36. The van der Waals surface area contributed by atoms with Gasteiger partial charge in [0.15, 0.2) is 0 Å². The lowest BCUT2D eigenvalue weighted by atomic mass is 10.00. The molecule has 0 heterocycles. The monoisotopic (exact) mass is 259 g/mol. The fourth-order valence-corrected chi connectivity index (χ4v) is 2.15. The molecule has 104 valence electrons. The summed E-state index contributed by atoms with van der Waals surface area (Å²) >= 11 is 0. The summed E-state index contributed by atoms with van der Waals surface area (Å²) in [5.74, 6) is 3.70. The van der Waals surface area contributed by atoms with E-state index in [1.54, 1.807) is 0 Å². The molecule has 0 fully saturated rings. The Labute approximate surface area is 117 Å². The van der Waals surface area contributed by atoms with Crippen LogP contribution in [0, 0.1) is 12.3 Å². The number of nitrogens with one attached hydrogen (secondary N) is 1. The third-order valence-corrected chi connectivity index (χ3v) is 3.05. The van der Waals surface area contributed by atoms with E-state index in [0.29, 0.717) is 12.6 Å². The number of terminal acetylenes is 1. The molecule has 0 aromatic heterocycles. The first-order valence-corrected chi connectivity index (χ1v) is 7.22. The largest absolute Gasteiger partial charge is 0.494 e. The van der Waals surface area contributed by atoms with Crippen LogP contribution in [0.5, 0.6) is 5.75 Å². The first-order chi connectivity index (χ1) is 9.33. The van der Waals surface area contributed by atoms with Gasteiger partial charge in [-0.2, -0.15) is 0 Å². The molecule has 0 aliphatic carbocycles. The zero-order valence-corrected chi connectivity index (χ0v) is 12.1. The van der Waals surface area contributed by atoms with Crippen LogP contribution in [-0.2, 0) is 0 Å². The van der Waals surface area contributed by atoms with Crippen LogP contribution in [0.25, 0.3) is 0 Å². The van der Waals surface area contributed by atoms with Crippen LogP contribution in [0.2, 0.25) is 0 Å². The van der Waals surface area contributed by atoms with Crippen LogP contribution in [0.15, 0.2) is 24.3 Å². The Kier molecular flexibility index (Phi) is 7.77. The second-order valence-electron chi connectivity index (χ2n) is 4.57. The molecule has 0 radical (unpaired) electrons.